The van der Waals surface area contributed by atoms with E-state index in [0.29, 0.717) is 18.7 Å². The van der Waals surface area contributed by atoms with Gasteiger partial charge in [0.1, 0.15) is 5.82 Å². The zero-order valence-corrected chi connectivity index (χ0v) is 17.4. The van der Waals surface area contributed by atoms with Crippen molar-refractivity contribution in [2.75, 3.05) is 18.4 Å². The SMILES string of the molecule is O=c1cc(Nc2ccccc2)ncn1CC1(O)CCN(Cc2cccc(Cl)c2)CC1. The van der Waals surface area contributed by atoms with Gasteiger partial charge in [0.25, 0.3) is 5.56 Å². The fourth-order valence-corrected chi connectivity index (χ4v) is 3.99. The number of anilines is 2. The maximum atomic E-state index is 12.5. The molecule has 6 nitrogen and oxygen atoms in total. The number of aliphatic hydroxyl groups is 1. The molecule has 1 saturated heterocycles. The van der Waals surface area contributed by atoms with Crippen molar-refractivity contribution in [1.29, 1.82) is 0 Å². The molecule has 156 valence electrons. The minimum Gasteiger partial charge on any atom is -0.388 e. The van der Waals surface area contributed by atoms with Crippen molar-refractivity contribution in [1.82, 2.24) is 14.5 Å². The van der Waals surface area contributed by atoms with Gasteiger partial charge in [-0.2, -0.15) is 0 Å². The molecule has 2 heterocycles. The monoisotopic (exact) mass is 424 g/mol. The van der Waals surface area contributed by atoms with Gasteiger partial charge in [0.15, 0.2) is 0 Å². The second-order valence-electron chi connectivity index (χ2n) is 7.86. The van der Waals surface area contributed by atoms with Crippen molar-refractivity contribution in [3.8, 4) is 0 Å². The third-order valence-corrected chi connectivity index (χ3v) is 5.71. The molecule has 0 spiro atoms. The van der Waals surface area contributed by atoms with E-state index in [-0.39, 0.29) is 12.1 Å². The first-order valence-electron chi connectivity index (χ1n) is 10.1. The van der Waals surface area contributed by atoms with Gasteiger partial charge in [-0.3, -0.25) is 14.3 Å². The normalized spacial score (nSPS) is 16.3. The maximum Gasteiger partial charge on any atom is 0.255 e. The van der Waals surface area contributed by atoms with Gasteiger partial charge in [0.2, 0.25) is 0 Å². The molecule has 0 atom stereocenters. The van der Waals surface area contributed by atoms with Crippen molar-refractivity contribution in [3.05, 3.63) is 87.9 Å². The molecule has 2 N–H and O–H groups in total. The van der Waals surface area contributed by atoms with E-state index in [2.05, 4.69) is 21.3 Å². The number of hydrogen-bond acceptors (Lipinski definition) is 5. The van der Waals surface area contributed by atoms with Gasteiger partial charge in [-0.1, -0.05) is 41.9 Å². The smallest absolute Gasteiger partial charge is 0.255 e. The second-order valence-corrected chi connectivity index (χ2v) is 8.30. The number of nitrogens with one attached hydrogen (secondary N) is 1. The van der Waals surface area contributed by atoms with Gasteiger partial charge < -0.3 is 10.4 Å². The predicted molar refractivity (Wildman–Crippen MR) is 119 cm³/mol. The largest absolute Gasteiger partial charge is 0.388 e. The molecule has 1 aliphatic heterocycles. The van der Waals surface area contributed by atoms with Crippen LogP contribution in [0.15, 0.2) is 71.8 Å². The van der Waals surface area contributed by atoms with Gasteiger partial charge in [-0.05, 0) is 42.7 Å². The molecule has 0 radical (unpaired) electrons. The minimum atomic E-state index is -0.912. The third-order valence-electron chi connectivity index (χ3n) is 5.47. The van der Waals surface area contributed by atoms with Crippen molar-refractivity contribution in [3.63, 3.8) is 0 Å². The molecule has 7 heteroatoms. The highest BCUT2D eigenvalue weighted by Crippen LogP contribution is 2.25. The molecule has 1 aliphatic rings. The molecular formula is C23H25ClN4O2. The molecule has 0 saturated carbocycles. The number of para-hydroxylation sites is 1. The predicted octanol–water partition coefficient (Wildman–Crippen LogP) is 3.67. The Kier molecular flexibility index (Phi) is 6.18. The van der Waals surface area contributed by atoms with Gasteiger partial charge in [0.05, 0.1) is 18.5 Å². The van der Waals surface area contributed by atoms with Crippen molar-refractivity contribution < 1.29 is 5.11 Å². The lowest BCUT2D eigenvalue weighted by molar-refractivity contribution is -0.0365. The van der Waals surface area contributed by atoms with Crippen LogP contribution in [0.4, 0.5) is 11.5 Å². The Morgan fingerprint density at radius 3 is 2.53 bits per heavy atom. The topological polar surface area (TPSA) is 70.4 Å². The molecule has 0 amide bonds. The zero-order chi connectivity index (χ0) is 21.0. The van der Waals surface area contributed by atoms with Gasteiger partial charge in [-0.15, -0.1) is 0 Å². The van der Waals surface area contributed by atoms with E-state index >= 15 is 0 Å². The van der Waals surface area contributed by atoms with Crippen molar-refractivity contribution in [2.45, 2.75) is 31.5 Å². The number of nitrogens with zero attached hydrogens (tertiary/aromatic N) is 3. The molecule has 0 bridgehead atoms. The second kappa shape index (κ2) is 9.00. The van der Waals surface area contributed by atoms with Crippen LogP contribution < -0.4 is 10.9 Å². The number of hydrogen-bond donors (Lipinski definition) is 2. The molecule has 30 heavy (non-hydrogen) atoms. The van der Waals surface area contributed by atoms with Crippen LogP contribution in [0.25, 0.3) is 0 Å². The average molecular weight is 425 g/mol. The summed E-state index contributed by atoms with van der Waals surface area (Å²) < 4.78 is 1.49. The summed E-state index contributed by atoms with van der Waals surface area (Å²) in [6.07, 6.45) is 2.71. The number of halogens is 1. The average Bonchev–Trinajstić information content (AvgIpc) is 2.73. The molecule has 1 fully saturated rings. The highest BCUT2D eigenvalue weighted by Gasteiger charge is 2.33. The Morgan fingerprint density at radius 1 is 1.07 bits per heavy atom. The molecule has 2 aromatic carbocycles. The summed E-state index contributed by atoms with van der Waals surface area (Å²) in [6, 6.07) is 18.9. The first-order valence-corrected chi connectivity index (χ1v) is 10.4. The molecule has 1 aromatic heterocycles. The fourth-order valence-electron chi connectivity index (χ4n) is 3.78. The lowest BCUT2D eigenvalue weighted by Crippen LogP contribution is -2.47. The Balaban J connectivity index is 1.35. The van der Waals surface area contributed by atoms with Crippen LogP contribution in [-0.2, 0) is 13.1 Å². The first kappa shape index (κ1) is 20.6. The van der Waals surface area contributed by atoms with E-state index in [1.54, 1.807) is 0 Å². The van der Waals surface area contributed by atoms with E-state index in [4.69, 9.17) is 11.6 Å². The van der Waals surface area contributed by atoms with E-state index in [1.807, 2.05) is 48.5 Å². The van der Waals surface area contributed by atoms with Gasteiger partial charge in [-0.25, -0.2) is 4.98 Å². The van der Waals surface area contributed by atoms with E-state index in [0.717, 1.165) is 35.9 Å². The van der Waals surface area contributed by atoms with Crippen molar-refractivity contribution in [2.24, 2.45) is 0 Å². The standard InChI is InChI=1S/C23H25ClN4O2/c24-19-6-4-5-18(13-19)15-27-11-9-23(30,10-12-27)16-28-17-25-21(14-22(28)29)26-20-7-2-1-3-8-20/h1-8,13-14,17,26,30H,9-12,15-16H2. The number of rotatable bonds is 6. The van der Waals surface area contributed by atoms with Crippen LogP contribution >= 0.6 is 11.6 Å². The number of benzene rings is 2. The molecular weight excluding hydrogens is 400 g/mol. The highest BCUT2D eigenvalue weighted by molar-refractivity contribution is 6.30. The quantitative estimate of drug-likeness (QED) is 0.631. The summed E-state index contributed by atoms with van der Waals surface area (Å²) in [6.45, 7) is 2.57. The highest BCUT2D eigenvalue weighted by atomic mass is 35.5. The van der Waals surface area contributed by atoms with Crippen molar-refractivity contribution >= 4 is 23.1 Å². The van der Waals surface area contributed by atoms with Crippen LogP contribution in [0.2, 0.25) is 5.02 Å². The number of piperidine rings is 1. The molecule has 3 aromatic rings. The van der Waals surface area contributed by atoms with E-state index < -0.39 is 5.60 Å². The fraction of sp³-hybridized carbons (Fsp3) is 0.304. The minimum absolute atomic E-state index is 0.182. The van der Waals surface area contributed by atoms with Crippen LogP contribution in [-0.4, -0.2) is 38.2 Å². The Morgan fingerprint density at radius 2 is 1.83 bits per heavy atom. The lowest BCUT2D eigenvalue weighted by atomic mass is 9.91. The number of likely N-dealkylation sites (tertiary alicyclic amines) is 1. The summed E-state index contributed by atoms with van der Waals surface area (Å²) in [4.78, 5) is 19.2. The van der Waals surface area contributed by atoms with Crippen LogP contribution in [0.1, 0.15) is 18.4 Å². The molecule has 4 rings (SSSR count). The van der Waals surface area contributed by atoms with Crippen LogP contribution in [0, 0.1) is 0 Å². The van der Waals surface area contributed by atoms with Gasteiger partial charge in [0, 0.05) is 36.4 Å². The zero-order valence-electron chi connectivity index (χ0n) is 16.7. The Labute approximate surface area is 180 Å². The first-order chi connectivity index (χ1) is 14.5. The third kappa shape index (κ3) is 5.27. The van der Waals surface area contributed by atoms with E-state index in [1.165, 1.54) is 17.0 Å². The summed E-state index contributed by atoms with van der Waals surface area (Å²) in [5.74, 6) is 0.491. The molecule has 0 unspecified atom stereocenters. The lowest BCUT2D eigenvalue weighted by Gasteiger charge is -2.38. The summed E-state index contributed by atoms with van der Waals surface area (Å²) >= 11 is 6.07. The van der Waals surface area contributed by atoms with Gasteiger partial charge >= 0.3 is 0 Å². The Hall–Kier alpha value is -2.67. The maximum absolute atomic E-state index is 12.5. The Bertz CT molecular complexity index is 1050. The number of aromatic nitrogens is 2. The summed E-state index contributed by atoms with van der Waals surface area (Å²) in [7, 11) is 0. The van der Waals surface area contributed by atoms with Crippen LogP contribution in [0.5, 0.6) is 0 Å². The summed E-state index contributed by atoms with van der Waals surface area (Å²) in [5.41, 5.74) is 0.936. The van der Waals surface area contributed by atoms with E-state index in [9.17, 15) is 9.90 Å². The summed E-state index contributed by atoms with van der Waals surface area (Å²) in [5, 5.41) is 14.9. The van der Waals surface area contributed by atoms with Crippen LogP contribution in [0.3, 0.4) is 0 Å². The molecule has 0 aliphatic carbocycles.